The first-order valence-electron chi connectivity index (χ1n) is 4.70. The van der Waals surface area contributed by atoms with Crippen LogP contribution in [0, 0.1) is 34.0 Å². The van der Waals surface area contributed by atoms with Crippen LogP contribution < -0.4 is 10.1 Å². The van der Waals surface area contributed by atoms with Crippen LogP contribution >= 0.6 is 11.6 Å². The Hall–Kier alpha value is -2.68. The molecule has 88 valence electrons. The molecule has 0 atom stereocenters. The van der Waals surface area contributed by atoms with Crippen molar-refractivity contribution in [2.45, 2.75) is 0 Å². The number of methoxy groups -OCH3 is 1. The minimum Gasteiger partial charge on any atom is -0.495 e. The Balaban J connectivity index is 3.18. The Kier molecular flexibility index (Phi) is 4.58. The van der Waals surface area contributed by atoms with Crippen molar-refractivity contribution in [3.05, 3.63) is 34.5 Å². The van der Waals surface area contributed by atoms with Crippen molar-refractivity contribution in [3.63, 3.8) is 0 Å². The Morgan fingerprint density at radius 3 is 2.50 bits per heavy atom. The highest BCUT2D eigenvalue weighted by Gasteiger charge is 2.08. The number of allylic oxidation sites excluding steroid dienone is 1. The van der Waals surface area contributed by atoms with E-state index in [9.17, 15) is 0 Å². The fraction of sp³-hybridized carbons (Fsp3) is 0.0833. The molecule has 0 saturated heterocycles. The highest BCUT2D eigenvalue weighted by atomic mass is 35.5. The molecule has 1 aromatic rings. The Bertz CT molecular complexity index is 601. The number of nitrogens with one attached hydrogen (secondary N) is 1. The van der Waals surface area contributed by atoms with E-state index in [0.717, 1.165) is 0 Å². The first kappa shape index (κ1) is 13.4. The van der Waals surface area contributed by atoms with Gasteiger partial charge in [-0.2, -0.15) is 15.8 Å². The van der Waals surface area contributed by atoms with E-state index >= 15 is 0 Å². The van der Waals surface area contributed by atoms with Gasteiger partial charge in [-0.05, 0) is 6.07 Å². The molecule has 0 amide bonds. The van der Waals surface area contributed by atoms with Crippen LogP contribution in [-0.4, -0.2) is 7.11 Å². The van der Waals surface area contributed by atoms with E-state index in [0.29, 0.717) is 16.5 Å². The van der Waals surface area contributed by atoms with Gasteiger partial charge in [0.2, 0.25) is 0 Å². The summed E-state index contributed by atoms with van der Waals surface area (Å²) in [5.74, 6) is 0.391. The zero-order valence-electron chi connectivity index (χ0n) is 9.36. The number of benzene rings is 1. The first-order chi connectivity index (χ1) is 8.65. The number of nitriles is 3. The highest BCUT2D eigenvalue weighted by Crippen LogP contribution is 2.30. The van der Waals surface area contributed by atoms with Crippen LogP contribution in [0.2, 0.25) is 5.02 Å². The summed E-state index contributed by atoms with van der Waals surface area (Å²) in [6.07, 6.45) is 1.21. The Labute approximate surface area is 109 Å². The maximum Gasteiger partial charge on any atom is 0.145 e. The SMILES string of the molecule is COc1cc(NC=C(C#N)C#N)c(C#N)cc1Cl. The smallest absolute Gasteiger partial charge is 0.145 e. The maximum atomic E-state index is 8.95. The number of ether oxygens (including phenoxy) is 1. The zero-order chi connectivity index (χ0) is 13.5. The molecule has 0 spiro atoms. The molecule has 0 aromatic heterocycles. The number of halogens is 1. The molecule has 0 aliphatic heterocycles. The van der Waals surface area contributed by atoms with Crippen LogP contribution in [0.5, 0.6) is 5.75 Å². The van der Waals surface area contributed by atoms with E-state index in [2.05, 4.69) is 5.32 Å². The van der Waals surface area contributed by atoms with Gasteiger partial charge in [-0.3, -0.25) is 0 Å². The molecule has 0 saturated carbocycles. The largest absolute Gasteiger partial charge is 0.495 e. The third-order valence-corrected chi connectivity index (χ3v) is 2.32. The van der Waals surface area contributed by atoms with Crippen LogP contribution in [0.3, 0.4) is 0 Å². The van der Waals surface area contributed by atoms with Crippen molar-refractivity contribution in [2.75, 3.05) is 12.4 Å². The summed E-state index contributed by atoms with van der Waals surface area (Å²) in [5.41, 5.74) is 0.585. The molecule has 0 unspecified atom stereocenters. The maximum absolute atomic E-state index is 8.95. The third kappa shape index (κ3) is 2.92. The normalized spacial score (nSPS) is 8.39. The van der Waals surface area contributed by atoms with E-state index in [1.807, 2.05) is 6.07 Å². The monoisotopic (exact) mass is 258 g/mol. The molecule has 6 heteroatoms. The summed E-state index contributed by atoms with van der Waals surface area (Å²) in [4.78, 5) is 0. The average molecular weight is 259 g/mol. The molecule has 1 aromatic carbocycles. The molecule has 5 nitrogen and oxygen atoms in total. The lowest BCUT2D eigenvalue weighted by molar-refractivity contribution is 0.415. The van der Waals surface area contributed by atoms with Crippen molar-refractivity contribution in [2.24, 2.45) is 0 Å². The Morgan fingerprint density at radius 2 is 2.00 bits per heavy atom. The molecular formula is C12H7ClN4O. The van der Waals surface area contributed by atoms with Crippen LogP contribution in [-0.2, 0) is 0 Å². The van der Waals surface area contributed by atoms with Crippen LogP contribution in [0.15, 0.2) is 23.9 Å². The predicted octanol–water partition coefficient (Wildman–Crippen LogP) is 2.56. The van der Waals surface area contributed by atoms with Gasteiger partial charge >= 0.3 is 0 Å². The number of hydrogen-bond acceptors (Lipinski definition) is 5. The van der Waals surface area contributed by atoms with Gasteiger partial charge in [-0.25, -0.2) is 0 Å². The summed E-state index contributed by atoms with van der Waals surface area (Å²) < 4.78 is 5.01. The minimum atomic E-state index is -0.104. The second-order valence-electron chi connectivity index (χ2n) is 3.07. The molecule has 18 heavy (non-hydrogen) atoms. The third-order valence-electron chi connectivity index (χ3n) is 2.03. The zero-order valence-corrected chi connectivity index (χ0v) is 10.1. The minimum absolute atomic E-state index is 0.104. The molecule has 0 aliphatic rings. The molecule has 0 aliphatic carbocycles. The second kappa shape index (κ2) is 6.15. The predicted molar refractivity (Wildman–Crippen MR) is 65.7 cm³/mol. The van der Waals surface area contributed by atoms with Crippen molar-refractivity contribution in [1.82, 2.24) is 0 Å². The van der Waals surface area contributed by atoms with Gasteiger partial charge < -0.3 is 10.1 Å². The molecule has 1 rings (SSSR count). The fourth-order valence-corrected chi connectivity index (χ4v) is 1.40. The summed E-state index contributed by atoms with van der Waals surface area (Å²) in [6.45, 7) is 0. The van der Waals surface area contributed by atoms with Gasteiger partial charge in [0.25, 0.3) is 0 Å². The molecule has 0 fully saturated rings. The van der Waals surface area contributed by atoms with Gasteiger partial charge in [0.1, 0.15) is 29.5 Å². The number of hydrogen-bond donors (Lipinski definition) is 1. The fourth-order valence-electron chi connectivity index (χ4n) is 1.16. The summed E-state index contributed by atoms with van der Waals surface area (Å²) in [5, 5.41) is 29.1. The van der Waals surface area contributed by atoms with Crippen LogP contribution in [0.25, 0.3) is 0 Å². The standard InChI is InChI=1S/C12H7ClN4O/c1-18-12-3-11(9(6-16)2-10(12)13)17-7-8(4-14)5-15/h2-3,7,17H,1H3. The van der Waals surface area contributed by atoms with Gasteiger partial charge in [0.05, 0.1) is 23.4 Å². The molecule has 0 bridgehead atoms. The van der Waals surface area contributed by atoms with Gasteiger partial charge in [0, 0.05) is 12.3 Å². The topological polar surface area (TPSA) is 92.6 Å². The van der Waals surface area contributed by atoms with Gasteiger partial charge in [-0.1, -0.05) is 11.6 Å². The van der Waals surface area contributed by atoms with E-state index in [-0.39, 0.29) is 11.1 Å². The average Bonchev–Trinajstić information content (AvgIpc) is 2.40. The molecule has 1 N–H and O–H groups in total. The molecular weight excluding hydrogens is 252 g/mol. The first-order valence-corrected chi connectivity index (χ1v) is 5.08. The number of nitrogens with zero attached hydrogens (tertiary/aromatic N) is 3. The summed E-state index contributed by atoms with van der Waals surface area (Å²) in [7, 11) is 1.45. The van der Waals surface area contributed by atoms with E-state index < -0.39 is 0 Å². The lowest BCUT2D eigenvalue weighted by atomic mass is 10.2. The van der Waals surface area contributed by atoms with Crippen LogP contribution in [0.4, 0.5) is 5.69 Å². The Morgan fingerprint density at radius 1 is 1.33 bits per heavy atom. The number of anilines is 1. The quantitative estimate of drug-likeness (QED) is 0.841. The van der Waals surface area contributed by atoms with E-state index in [1.54, 1.807) is 12.1 Å². The molecule has 0 heterocycles. The highest BCUT2D eigenvalue weighted by molar-refractivity contribution is 6.32. The lowest BCUT2D eigenvalue weighted by Gasteiger charge is -2.08. The van der Waals surface area contributed by atoms with E-state index in [4.69, 9.17) is 32.1 Å². The van der Waals surface area contributed by atoms with Crippen LogP contribution in [0.1, 0.15) is 5.56 Å². The van der Waals surface area contributed by atoms with Crippen molar-refractivity contribution >= 4 is 17.3 Å². The number of rotatable bonds is 3. The van der Waals surface area contributed by atoms with Crippen molar-refractivity contribution in [3.8, 4) is 24.0 Å². The van der Waals surface area contributed by atoms with Gasteiger partial charge in [0.15, 0.2) is 0 Å². The van der Waals surface area contributed by atoms with Gasteiger partial charge in [-0.15, -0.1) is 0 Å². The summed E-state index contributed by atoms with van der Waals surface area (Å²) >= 11 is 5.87. The second-order valence-corrected chi connectivity index (χ2v) is 3.48. The summed E-state index contributed by atoms with van der Waals surface area (Å²) in [6, 6.07) is 8.30. The van der Waals surface area contributed by atoms with Crippen molar-refractivity contribution in [1.29, 1.82) is 15.8 Å². The van der Waals surface area contributed by atoms with E-state index in [1.165, 1.54) is 25.4 Å². The lowest BCUT2D eigenvalue weighted by Crippen LogP contribution is -1.95. The molecule has 0 radical (unpaired) electrons. The van der Waals surface area contributed by atoms with Crippen molar-refractivity contribution < 1.29 is 4.74 Å².